The van der Waals surface area contributed by atoms with Crippen LogP contribution < -0.4 is 5.32 Å². The fraction of sp³-hybridized carbons (Fsp3) is 0.455. The molecule has 2 aromatic rings. The van der Waals surface area contributed by atoms with Crippen molar-refractivity contribution in [2.24, 2.45) is 0 Å². The van der Waals surface area contributed by atoms with Gasteiger partial charge in [-0.15, -0.1) is 0 Å². The minimum Gasteiger partial charge on any atom is -0.318 e. The molecule has 0 aliphatic carbocycles. The predicted octanol–water partition coefficient (Wildman–Crippen LogP) is 0.380. The molecule has 0 aliphatic heterocycles. The van der Waals surface area contributed by atoms with Crippen molar-refractivity contribution in [2.45, 2.75) is 6.54 Å². The van der Waals surface area contributed by atoms with Crippen LogP contribution in [0.2, 0.25) is 0 Å². The molecule has 0 amide bonds. The standard InChI is InChI=1S/C11H17N5/c1-12-5-7-15(2)8-10-9-16-6-3-4-13-11(16)14-10/h3-4,6,9,12H,5,7-8H2,1-2H3. The minimum atomic E-state index is 0.763. The van der Waals surface area contributed by atoms with Gasteiger partial charge in [-0.25, -0.2) is 9.97 Å². The summed E-state index contributed by atoms with van der Waals surface area (Å²) in [6.45, 7) is 2.85. The lowest BCUT2D eigenvalue weighted by Gasteiger charge is -2.14. The molecule has 0 aliphatic rings. The first-order valence-electron chi connectivity index (χ1n) is 5.41. The van der Waals surface area contributed by atoms with Crippen molar-refractivity contribution in [3.8, 4) is 0 Å². The van der Waals surface area contributed by atoms with E-state index >= 15 is 0 Å². The second-order valence-electron chi connectivity index (χ2n) is 3.90. The highest BCUT2D eigenvalue weighted by Crippen LogP contribution is 2.03. The molecular formula is C11H17N5. The van der Waals surface area contributed by atoms with Gasteiger partial charge in [0.2, 0.25) is 5.78 Å². The highest BCUT2D eigenvalue weighted by Gasteiger charge is 2.04. The van der Waals surface area contributed by atoms with E-state index in [0.29, 0.717) is 0 Å². The number of aromatic nitrogens is 3. The normalized spacial score (nSPS) is 11.4. The van der Waals surface area contributed by atoms with Gasteiger partial charge in [0.25, 0.3) is 0 Å². The number of hydrogen-bond acceptors (Lipinski definition) is 4. The van der Waals surface area contributed by atoms with Crippen molar-refractivity contribution >= 4 is 5.78 Å². The molecule has 0 radical (unpaired) electrons. The SMILES string of the molecule is CNCCN(C)Cc1cn2cccnc2n1. The molecule has 2 aromatic heterocycles. The molecule has 0 saturated carbocycles. The van der Waals surface area contributed by atoms with Crippen LogP contribution in [-0.4, -0.2) is 46.5 Å². The van der Waals surface area contributed by atoms with E-state index in [9.17, 15) is 0 Å². The topological polar surface area (TPSA) is 45.5 Å². The maximum absolute atomic E-state index is 4.45. The van der Waals surface area contributed by atoms with Gasteiger partial charge >= 0.3 is 0 Å². The minimum absolute atomic E-state index is 0.763. The number of hydrogen-bond donors (Lipinski definition) is 1. The molecule has 0 saturated heterocycles. The van der Waals surface area contributed by atoms with Gasteiger partial charge in [0.1, 0.15) is 0 Å². The Morgan fingerprint density at radius 2 is 2.38 bits per heavy atom. The van der Waals surface area contributed by atoms with Gasteiger partial charge < -0.3 is 5.32 Å². The van der Waals surface area contributed by atoms with Crippen LogP contribution in [0.4, 0.5) is 0 Å². The van der Waals surface area contributed by atoms with E-state index in [4.69, 9.17) is 0 Å². The van der Waals surface area contributed by atoms with Gasteiger partial charge in [-0.05, 0) is 20.2 Å². The van der Waals surface area contributed by atoms with Crippen LogP contribution in [0.5, 0.6) is 0 Å². The molecule has 0 aromatic carbocycles. The van der Waals surface area contributed by atoms with Crippen LogP contribution in [0.3, 0.4) is 0 Å². The van der Waals surface area contributed by atoms with Crippen LogP contribution in [-0.2, 0) is 6.54 Å². The van der Waals surface area contributed by atoms with E-state index in [2.05, 4.69) is 27.2 Å². The first-order chi connectivity index (χ1) is 7.79. The van der Waals surface area contributed by atoms with Gasteiger partial charge in [-0.2, -0.15) is 0 Å². The van der Waals surface area contributed by atoms with Gasteiger partial charge in [0.05, 0.1) is 5.69 Å². The lowest BCUT2D eigenvalue weighted by atomic mass is 10.4. The Hall–Kier alpha value is -1.46. The Bertz CT molecular complexity index is 417. The number of likely N-dealkylation sites (N-methyl/N-ethyl adjacent to an activating group) is 2. The number of imidazole rings is 1. The van der Waals surface area contributed by atoms with E-state index in [-0.39, 0.29) is 0 Å². The van der Waals surface area contributed by atoms with E-state index in [1.807, 2.05) is 29.9 Å². The molecule has 0 fully saturated rings. The van der Waals surface area contributed by atoms with Gasteiger partial charge in [-0.3, -0.25) is 9.30 Å². The van der Waals surface area contributed by atoms with Crippen molar-refractivity contribution in [2.75, 3.05) is 27.2 Å². The maximum atomic E-state index is 4.45. The highest BCUT2D eigenvalue weighted by molar-refractivity contribution is 5.29. The summed E-state index contributed by atoms with van der Waals surface area (Å²) in [6.07, 6.45) is 5.75. The smallest absolute Gasteiger partial charge is 0.233 e. The summed E-state index contributed by atoms with van der Waals surface area (Å²) in [4.78, 5) is 10.9. The lowest BCUT2D eigenvalue weighted by molar-refractivity contribution is 0.325. The maximum Gasteiger partial charge on any atom is 0.233 e. The van der Waals surface area contributed by atoms with Gasteiger partial charge in [0.15, 0.2) is 0 Å². The first kappa shape index (κ1) is 11.0. The molecule has 5 heteroatoms. The molecule has 2 heterocycles. The number of rotatable bonds is 5. The molecule has 1 N–H and O–H groups in total. The lowest BCUT2D eigenvalue weighted by Crippen LogP contribution is -2.27. The summed E-state index contributed by atoms with van der Waals surface area (Å²) in [5.74, 6) is 0.763. The molecular weight excluding hydrogens is 202 g/mol. The third-order valence-electron chi connectivity index (χ3n) is 2.46. The Kier molecular flexibility index (Phi) is 3.48. The Labute approximate surface area is 95.1 Å². The van der Waals surface area contributed by atoms with E-state index in [1.165, 1.54) is 0 Å². The van der Waals surface area contributed by atoms with Crippen LogP contribution in [0.15, 0.2) is 24.7 Å². The van der Waals surface area contributed by atoms with Gasteiger partial charge in [-0.1, -0.05) is 0 Å². The van der Waals surface area contributed by atoms with Crippen molar-refractivity contribution in [3.05, 3.63) is 30.4 Å². The fourth-order valence-electron chi connectivity index (χ4n) is 1.61. The molecule has 16 heavy (non-hydrogen) atoms. The zero-order valence-corrected chi connectivity index (χ0v) is 9.72. The average molecular weight is 219 g/mol. The highest BCUT2D eigenvalue weighted by atomic mass is 15.1. The molecule has 0 spiro atoms. The summed E-state index contributed by atoms with van der Waals surface area (Å²) in [7, 11) is 4.05. The summed E-state index contributed by atoms with van der Waals surface area (Å²) >= 11 is 0. The largest absolute Gasteiger partial charge is 0.318 e. The van der Waals surface area contributed by atoms with Crippen molar-refractivity contribution in [1.82, 2.24) is 24.6 Å². The summed E-state index contributed by atoms with van der Waals surface area (Å²) in [6, 6.07) is 1.91. The second kappa shape index (κ2) is 5.05. The zero-order chi connectivity index (χ0) is 11.4. The second-order valence-corrected chi connectivity index (χ2v) is 3.90. The number of nitrogens with zero attached hydrogens (tertiary/aromatic N) is 4. The van der Waals surface area contributed by atoms with E-state index in [1.54, 1.807) is 6.20 Å². The van der Waals surface area contributed by atoms with Gasteiger partial charge in [0, 0.05) is 38.2 Å². The van der Waals surface area contributed by atoms with Crippen molar-refractivity contribution < 1.29 is 0 Å². The predicted molar refractivity (Wildman–Crippen MR) is 63.2 cm³/mol. The Balaban J connectivity index is 2.03. The quantitative estimate of drug-likeness (QED) is 0.789. The monoisotopic (exact) mass is 219 g/mol. The fourth-order valence-corrected chi connectivity index (χ4v) is 1.61. The molecule has 2 rings (SSSR count). The number of fused-ring (bicyclic) bond motifs is 1. The Morgan fingerprint density at radius 1 is 1.50 bits per heavy atom. The Morgan fingerprint density at radius 3 is 3.12 bits per heavy atom. The molecule has 0 unspecified atom stereocenters. The number of nitrogens with one attached hydrogen (secondary N) is 1. The third-order valence-corrected chi connectivity index (χ3v) is 2.46. The van der Waals surface area contributed by atoms with Crippen molar-refractivity contribution in [1.29, 1.82) is 0 Å². The summed E-state index contributed by atoms with van der Waals surface area (Å²) < 4.78 is 1.95. The van der Waals surface area contributed by atoms with E-state index < -0.39 is 0 Å². The molecule has 5 nitrogen and oxygen atoms in total. The summed E-state index contributed by atoms with van der Waals surface area (Å²) in [5, 5.41) is 3.13. The van der Waals surface area contributed by atoms with Crippen molar-refractivity contribution in [3.63, 3.8) is 0 Å². The van der Waals surface area contributed by atoms with Crippen LogP contribution >= 0.6 is 0 Å². The zero-order valence-electron chi connectivity index (χ0n) is 9.72. The average Bonchev–Trinajstić information content (AvgIpc) is 2.68. The first-order valence-corrected chi connectivity index (χ1v) is 5.41. The van der Waals surface area contributed by atoms with Crippen LogP contribution in [0.25, 0.3) is 5.78 Å². The summed E-state index contributed by atoms with van der Waals surface area (Å²) in [5.41, 5.74) is 1.05. The van der Waals surface area contributed by atoms with E-state index in [0.717, 1.165) is 31.1 Å². The molecule has 86 valence electrons. The van der Waals surface area contributed by atoms with Crippen LogP contribution in [0.1, 0.15) is 5.69 Å². The van der Waals surface area contributed by atoms with Crippen LogP contribution in [0, 0.1) is 0 Å². The third kappa shape index (κ3) is 2.56. The molecule has 0 atom stereocenters. The molecule has 0 bridgehead atoms.